The number of aromatic nitrogens is 3. The van der Waals surface area contributed by atoms with Gasteiger partial charge in [-0.3, -0.25) is 10.1 Å². The van der Waals surface area contributed by atoms with Gasteiger partial charge in [0.15, 0.2) is 0 Å². The molecule has 1 fully saturated rings. The van der Waals surface area contributed by atoms with Gasteiger partial charge >= 0.3 is 0 Å². The third-order valence-electron chi connectivity index (χ3n) is 5.65. The Balaban J connectivity index is 1.31. The van der Waals surface area contributed by atoms with Crippen LogP contribution in [0.5, 0.6) is 11.5 Å². The molecule has 0 bridgehead atoms. The Hall–Kier alpha value is -2.97. The number of likely N-dealkylation sites (tertiary alicyclic amines) is 1. The Morgan fingerprint density at radius 2 is 2.06 bits per heavy atom. The molecule has 0 amide bonds. The molecule has 1 aliphatic heterocycles. The third-order valence-corrected chi connectivity index (χ3v) is 5.65. The summed E-state index contributed by atoms with van der Waals surface area (Å²) in [6, 6.07) is 8.27. The van der Waals surface area contributed by atoms with Gasteiger partial charge < -0.3 is 19.5 Å². The summed E-state index contributed by atoms with van der Waals surface area (Å²) in [5.41, 5.74) is 2.53. The van der Waals surface area contributed by atoms with Crippen molar-refractivity contribution < 1.29 is 19.0 Å². The lowest BCUT2D eigenvalue weighted by Gasteiger charge is -2.32. The van der Waals surface area contributed by atoms with Gasteiger partial charge in [-0.1, -0.05) is 0 Å². The molecule has 0 saturated carbocycles. The van der Waals surface area contributed by atoms with Crippen LogP contribution >= 0.6 is 0 Å². The molecule has 2 N–H and O–H groups in total. The number of hydrogen-bond donors (Lipinski definition) is 2. The van der Waals surface area contributed by atoms with Crippen molar-refractivity contribution >= 4 is 0 Å². The van der Waals surface area contributed by atoms with Crippen LogP contribution in [0.4, 0.5) is 4.39 Å². The first-order chi connectivity index (χ1) is 15.1. The molecule has 0 spiro atoms. The number of aliphatic hydroxyl groups is 1. The summed E-state index contributed by atoms with van der Waals surface area (Å²) < 4.78 is 25.2. The highest BCUT2D eigenvalue weighted by molar-refractivity contribution is 5.70. The molecule has 1 atom stereocenters. The molecule has 3 heterocycles. The minimum atomic E-state index is -0.661. The Morgan fingerprint density at radius 3 is 2.81 bits per heavy atom. The number of β-amino-alcohol motifs (C(OH)–C–C–N with tert-alkyl or cyclic N) is 1. The highest BCUT2D eigenvalue weighted by Crippen LogP contribution is 2.32. The average molecular weight is 426 g/mol. The second-order valence-electron chi connectivity index (χ2n) is 7.80. The zero-order valence-electron chi connectivity index (χ0n) is 17.5. The number of benzene rings is 1. The second kappa shape index (κ2) is 9.89. The molecular formula is C23H27FN4O3. The molecule has 1 aliphatic rings. The number of aliphatic hydroxyl groups excluding tert-OH is 1. The minimum absolute atomic E-state index is 0.0941. The van der Waals surface area contributed by atoms with Crippen molar-refractivity contribution in [1.82, 2.24) is 20.1 Å². The molecule has 31 heavy (non-hydrogen) atoms. The van der Waals surface area contributed by atoms with E-state index in [9.17, 15) is 9.50 Å². The SMILES string of the molecule is COc1cnccc1-c1cc(F)cc(OCC(O)CN2CCC(c3ccn[nH]3)CC2)c1. The van der Waals surface area contributed by atoms with Gasteiger partial charge in [-0.25, -0.2) is 4.39 Å². The number of pyridine rings is 1. The molecule has 164 valence electrons. The van der Waals surface area contributed by atoms with Crippen molar-refractivity contribution in [1.29, 1.82) is 0 Å². The minimum Gasteiger partial charge on any atom is -0.494 e. The molecule has 0 aliphatic carbocycles. The number of nitrogens with one attached hydrogen (secondary N) is 1. The summed E-state index contributed by atoms with van der Waals surface area (Å²) in [5.74, 6) is 0.994. The van der Waals surface area contributed by atoms with Gasteiger partial charge in [-0.2, -0.15) is 5.10 Å². The van der Waals surface area contributed by atoms with E-state index >= 15 is 0 Å². The summed E-state index contributed by atoms with van der Waals surface area (Å²) in [4.78, 5) is 6.26. The standard InChI is InChI=1S/C23H27FN4O3/c1-30-23-13-25-6-2-21(23)17-10-18(24)12-20(11-17)31-15-19(29)14-28-8-4-16(5-9-28)22-3-7-26-27-22/h2-3,6-7,10-13,16,19,29H,4-5,8-9,14-15H2,1H3,(H,26,27). The maximum absolute atomic E-state index is 14.2. The number of ether oxygens (including phenoxy) is 2. The van der Waals surface area contributed by atoms with E-state index < -0.39 is 11.9 Å². The maximum Gasteiger partial charge on any atom is 0.144 e. The number of H-pyrrole nitrogens is 1. The van der Waals surface area contributed by atoms with E-state index in [2.05, 4.69) is 20.1 Å². The fraction of sp³-hybridized carbons (Fsp3) is 0.391. The first kappa shape index (κ1) is 21.3. The number of methoxy groups -OCH3 is 1. The van der Waals surface area contributed by atoms with E-state index in [1.807, 2.05) is 6.07 Å². The van der Waals surface area contributed by atoms with Gasteiger partial charge in [-0.15, -0.1) is 0 Å². The number of piperidine rings is 1. The predicted molar refractivity (Wildman–Crippen MR) is 115 cm³/mol. The summed E-state index contributed by atoms with van der Waals surface area (Å²) in [7, 11) is 1.55. The molecule has 7 nitrogen and oxygen atoms in total. The molecule has 1 saturated heterocycles. The van der Waals surface area contributed by atoms with E-state index in [4.69, 9.17) is 9.47 Å². The van der Waals surface area contributed by atoms with Gasteiger partial charge in [0, 0.05) is 42.2 Å². The Kier molecular flexibility index (Phi) is 6.79. The fourth-order valence-corrected chi connectivity index (χ4v) is 4.05. The van der Waals surface area contributed by atoms with Gasteiger partial charge in [0.2, 0.25) is 0 Å². The smallest absolute Gasteiger partial charge is 0.144 e. The normalized spacial score (nSPS) is 16.2. The van der Waals surface area contributed by atoms with Gasteiger partial charge in [0.05, 0.1) is 13.3 Å². The third kappa shape index (κ3) is 5.39. The summed E-state index contributed by atoms with van der Waals surface area (Å²) in [6.45, 7) is 2.44. The average Bonchev–Trinajstić information content (AvgIpc) is 3.33. The van der Waals surface area contributed by atoms with Crippen LogP contribution in [0.1, 0.15) is 24.5 Å². The number of aromatic amines is 1. The van der Waals surface area contributed by atoms with Crippen molar-refractivity contribution in [2.45, 2.75) is 24.9 Å². The molecular weight excluding hydrogens is 399 g/mol. The predicted octanol–water partition coefficient (Wildman–Crippen LogP) is 3.24. The molecule has 0 radical (unpaired) electrons. The van der Waals surface area contributed by atoms with Crippen LogP contribution in [-0.4, -0.2) is 64.6 Å². The first-order valence-corrected chi connectivity index (χ1v) is 10.4. The van der Waals surface area contributed by atoms with Crippen LogP contribution in [0.3, 0.4) is 0 Å². The van der Waals surface area contributed by atoms with E-state index in [0.717, 1.165) is 31.5 Å². The quantitative estimate of drug-likeness (QED) is 0.575. The number of nitrogens with zero attached hydrogens (tertiary/aromatic N) is 3. The topological polar surface area (TPSA) is 83.5 Å². The van der Waals surface area contributed by atoms with E-state index in [1.54, 1.807) is 37.8 Å². The number of halogens is 1. The maximum atomic E-state index is 14.2. The van der Waals surface area contributed by atoms with Crippen LogP contribution in [0.2, 0.25) is 0 Å². The summed E-state index contributed by atoms with van der Waals surface area (Å²) in [6.07, 6.45) is 6.38. The molecule has 2 aromatic heterocycles. The van der Waals surface area contributed by atoms with Crippen LogP contribution in [0.25, 0.3) is 11.1 Å². The van der Waals surface area contributed by atoms with Crippen LogP contribution < -0.4 is 9.47 Å². The zero-order valence-corrected chi connectivity index (χ0v) is 17.5. The Bertz CT molecular complexity index is 975. The Labute approximate surface area is 180 Å². The van der Waals surface area contributed by atoms with Crippen molar-refractivity contribution in [2.75, 3.05) is 33.4 Å². The molecule has 1 unspecified atom stereocenters. The molecule has 1 aromatic carbocycles. The van der Waals surface area contributed by atoms with E-state index in [-0.39, 0.29) is 6.61 Å². The molecule has 3 aromatic rings. The van der Waals surface area contributed by atoms with Crippen LogP contribution in [0, 0.1) is 5.82 Å². The molecule has 4 rings (SSSR count). The van der Waals surface area contributed by atoms with Crippen LogP contribution in [0.15, 0.2) is 48.9 Å². The van der Waals surface area contributed by atoms with Crippen molar-refractivity contribution in [3.8, 4) is 22.6 Å². The van der Waals surface area contributed by atoms with Gasteiger partial charge in [0.25, 0.3) is 0 Å². The summed E-state index contributed by atoms with van der Waals surface area (Å²) in [5, 5.41) is 17.5. The first-order valence-electron chi connectivity index (χ1n) is 10.4. The van der Waals surface area contributed by atoms with Crippen molar-refractivity contribution in [2.24, 2.45) is 0 Å². The lowest BCUT2D eigenvalue weighted by atomic mass is 9.93. The van der Waals surface area contributed by atoms with Crippen molar-refractivity contribution in [3.05, 3.63) is 60.4 Å². The van der Waals surface area contributed by atoms with Gasteiger partial charge in [0.1, 0.15) is 30.0 Å². The molecule has 8 heteroatoms. The zero-order chi connectivity index (χ0) is 21.6. The van der Waals surface area contributed by atoms with Gasteiger partial charge in [-0.05, 0) is 55.8 Å². The monoisotopic (exact) mass is 426 g/mol. The largest absolute Gasteiger partial charge is 0.494 e. The van der Waals surface area contributed by atoms with E-state index in [1.165, 1.54) is 17.8 Å². The van der Waals surface area contributed by atoms with Crippen molar-refractivity contribution in [3.63, 3.8) is 0 Å². The number of rotatable bonds is 8. The lowest BCUT2D eigenvalue weighted by Crippen LogP contribution is -2.40. The highest BCUT2D eigenvalue weighted by atomic mass is 19.1. The lowest BCUT2D eigenvalue weighted by molar-refractivity contribution is 0.0592. The Morgan fingerprint density at radius 1 is 1.23 bits per heavy atom. The highest BCUT2D eigenvalue weighted by Gasteiger charge is 2.23. The van der Waals surface area contributed by atoms with Crippen LogP contribution in [-0.2, 0) is 0 Å². The second-order valence-corrected chi connectivity index (χ2v) is 7.80. The number of hydrogen-bond acceptors (Lipinski definition) is 6. The summed E-state index contributed by atoms with van der Waals surface area (Å²) >= 11 is 0. The van der Waals surface area contributed by atoms with E-state index in [0.29, 0.717) is 29.5 Å². The fourth-order valence-electron chi connectivity index (χ4n) is 4.05.